The number of benzene rings is 3. The summed E-state index contributed by atoms with van der Waals surface area (Å²) >= 11 is 6.18. The number of anilines is 1. The van der Waals surface area contributed by atoms with Crippen LogP contribution in [0.1, 0.15) is 34.3 Å². The Bertz CT molecular complexity index is 1250. The number of amides is 2. The number of carboxylic acids is 1. The van der Waals surface area contributed by atoms with Crippen LogP contribution in [-0.4, -0.2) is 46.9 Å². The van der Waals surface area contributed by atoms with Crippen molar-refractivity contribution in [3.8, 4) is 11.1 Å². The van der Waals surface area contributed by atoms with Crippen molar-refractivity contribution in [3.63, 3.8) is 0 Å². The third-order valence-corrected chi connectivity index (χ3v) is 6.17. The summed E-state index contributed by atoms with van der Waals surface area (Å²) in [6.07, 6.45) is -2.05. The predicted molar refractivity (Wildman–Crippen MR) is 131 cm³/mol. The van der Waals surface area contributed by atoms with Gasteiger partial charge in [-0.25, -0.2) is 9.59 Å². The molecule has 0 saturated heterocycles. The van der Waals surface area contributed by atoms with E-state index in [9.17, 15) is 19.5 Å². The molecule has 0 bridgehead atoms. The molecule has 3 aromatic rings. The van der Waals surface area contributed by atoms with E-state index in [-0.39, 0.29) is 28.8 Å². The van der Waals surface area contributed by atoms with Gasteiger partial charge in [0.05, 0.1) is 16.8 Å². The molecule has 2 amide bonds. The molecule has 9 heteroatoms. The molecule has 35 heavy (non-hydrogen) atoms. The molecule has 2 atom stereocenters. The lowest BCUT2D eigenvalue weighted by atomic mass is 9.98. The minimum atomic E-state index is -1.49. The number of rotatable bonds is 7. The van der Waals surface area contributed by atoms with Crippen molar-refractivity contribution in [1.82, 2.24) is 5.32 Å². The molecule has 4 rings (SSSR count). The van der Waals surface area contributed by atoms with E-state index in [4.69, 9.17) is 21.4 Å². The fourth-order valence-corrected chi connectivity index (χ4v) is 4.28. The molecule has 0 aliphatic heterocycles. The van der Waals surface area contributed by atoms with E-state index in [1.807, 2.05) is 48.5 Å². The van der Waals surface area contributed by atoms with Gasteiger partial charge in [-0.15, -0.1) is 0 Å². The van der Waals surface area contributed by atoms with Gasteiger partial charge < -0.3 is 20.3 Å². The van der Waals surface area contributed by atoms with Gasteiger partial charge in [0.2, 0.25) is 0 Å². The number of fused-ring (bicyclic) bond motifs is 3. The lowest BCUT2D eigenvalue weighted by Gasteiger charge is -2.18. The molecule has 1 aliphatic carbocycles. The first-order chi connectivity index (χ1) is 16.8. The van der Waals surface area contributed by atoms with Crippen molar-refractivity contribution in [2.75, 3.05) is 11.9 Å². The summed E-state index contributed by atoms with van der Waals surface area (Å²) in [5.41, 5.74) is 4.54. The molecule has 1 aliphatic rings. The van der Waals surface area contributed by atoms with Crippen molar-refractivity contribution in [1.29, 1.82) is 0 Å². The van der Waals surface area contributed by atoms with Crippen molar-refractivity contribution in [2.24, 2.45) is 0 Å². The van der Waals surface area contributed by atoms with Crippen molar-refractivity contribution < 1.29 is 29.3 Å². The highest BCUT2D eigenvalue weighted by Gasteiger charge is 2.29. The zero-order valence-electron chi connectivity index (χ0n) is 18.7. The maximum Gasteiger partial charge on any atom is 0.411 e. The number of ether oxygens (including phenoxy) is 1. The van der Waals surface area contributed by atoms with E-state index < -0.39 is 30.1 Å². The first-order valence-electron chi connectivity index (χ1n) is 10.9. The number of hydrogen-bond acceptors (Lipinski definition) is 5. The Labute approximate surface area is 206 Å². The standard InChI is InChI=1S/C26H23ClN2O6/c1-14(30)23(25(32)33)29-24(31)15-10-11-21(27)22(12-15)28-26(34)35-13-20-18-8-4-2-6-16(18)17-7-3-5-9-19(17)20/h2-12,14,20,23,30H,13H2,1H3,(H,28,34)(H,29,31)(H,32,33)/t14-,23+/m1/s1. The number of carbonyl (C=O) groups is 3. The van der Waals surface area contributed by atoms with Crippen LogP contribution in [0.15, 0.2) is 66.7 Å². The predicted octanol–water partition coefficient (Wildman–Crippen LogP) is 4.26. The molecule has 180 valence electrons. The number of hydrogen-bond donors (Lipinski definition) is 4. The Hall–Kier alpha value is -3.88. The Balaban J connectivity index is 1.45. The van der Waals surface area contributed by atoms with Gasteiger partial charge in [-0.2, -0.15) is 0 Å². The highest BCUT2D eigenvalue weighted by molar-refractivity contribution is 6.33. The van der Waals surface area contributed by atoms with Crippen LogP contribution in [0.5, 0.6) is 0 Å². The number of halogens is 1. The van der Waals surface area contributed by atoms with Crippen LogP contribution in [-0.2, 0) is 9.53 Å². The molecule has 0 saturated carbocycles. The Morgan fingerprint density at radius 3 is 2.17 bits per heavy atom. The van der Waals surface area contributed by atoms with E-state index in [2.05, 4.69) is 10.6 Å². The molecule has 0 unspecified atom stereocenters. The zero-order chi connectivity index (χ0) is 25.1. The summed E-state index contributed by atoms with van der Waals surface area (Å²) < 4.78 is 5.51. The lowest BCUT2D eigenvalue weighted by molar-refractivity contribution is -0.141. The average molecular weight is 495 g/mol. The normalized spacial score (nSPS) is 13.8. The highest BCUT2D eigenvalue weighted by atomic mass is 35.5. The summed E-state index contributed by atoms with van der Waals surface area (Å²) in [6.45, 7) is 1.36. The minimum Gasteiger partial charge on any atom is -0.480 e. The second kappa shape index (κ2) is 10.2. The van der Waals surface area contributed by atoms with Crippen LogP contribution in [0, 0.1) is 0 Å². The summed E-state index contributed by atoms with van der Waals surface area (Å²) in [5.74, 6) is -2.24. The molecular weight excluding hydrogens is 472 g/mol. The lowest BCUT2D eigenvalue weighted by Crippen LogP contribution is -2.47. The Morgan fingerprint density at radius 1 is 1.00 bits per heavy atom. The minimum absolute atomic E-state index is 0.0512. The number of carboxylic acid groups (broad SMARTS) is 1. The number of carbonyl (C=O) groups excluding carboxylic acids is 2. The molecule has 3 aromatic carbocycles. The smallest absolute Gasteiger partial charge is 0.411 e. The largest absolute Gasteiger partial charge is 0.480 e. The molecule has 0 fully saturated rings. The van der Waals surface area contributed by atoms with Gasteiger partial charge in [-0.1, -0.05) is 60.1 Å². The summed E-state index contributed by atoms with van der Waals surface area (Å²) in [7, 11) is 0. The summed E-state index contributed by atoms with van der Waals surface area (Å²) in [6, 6.07) is 18.5. The van der Waals surface area contributed by atoms with Crippen LogP contribution >= 0.6 is 11.6 Å². The third kappa shape index (κ3) is 5.13. The van der Waals surface area contributed by atoms with E-state index in [1.165, 1.54) is 25.1 Å². The molecule has 8 nitrogen and oxygen atoms in total. The zero-order valence-corrected chi connectivity index (χ0v) is 19.5. The van der Waals surface area contributed by atoms with Gasteiger partial charge in [-0.3, -0.25) is 10.1 Å². The first kappa shape index (κ1) is 24.3. The van der Waals surface area contributed by atoms with Crippen LogP contribution in [0.4, 0.5) is 10.5 Å². The van der Waals surface area contributed by atoms with Gasteiger partial charge in [0.25, 0.3) is 5.91 Å². The second-order valence-electron chi connectivity index (χ2n) is 8.18. The van der Waals surface area contributed by atoms with E-state index in [0.29, 0.717) is 0 Å². The molecular formula is C26H23ClN2O6. The maximum atomic E-state index is 12.6. The third-order valence-electron chi connectivity index (χ3n) is 5.84. The SMILES string of the molecule is C[C@@H](O)[C@H](NC(=O)c1ccc(Cl)c(NC(=O)OCC2c3ccccc3-c3ccccc32)c1)C(=O)O. The second-order valence-corrected chi connectivity index (χ2v) is 8.58. The highest BCUT2D eigenvalue weighted by Crippen LogP contribution is 2.44. The number of aliphatic carboxylic acids is 1. The molecule has 0 heterocycles. The van der Waals surface area contributed by atoms with Crippen LogP contribution in [0.25, 0.3) is 11.1 Å². The first-order valence-corrected chi connectivity index (χ1v) is 11.3. The fourth-order valence-electron chi connectivity index (χ4n) is 4.12. The Kier molecular flexibility index (Phi) is 7.04. The molecule has 4 N–H and O–H groups in total. The monoisotopic (exact) mass is 494 g/mol. The molecule has 0 spiro atoms. The van der Waals surface area contributed by atoms with E-state index >= 15 is 0 Å². The van der Waals surface area contributed by atoms with Gasteiger partial charge in [0.1, 0.15) is 6.61 Å². The fraction of sp³-hybridized carbons (Fsp3) is 0.192. The van der Waals surface area contributed by atoms with Crippen LogP contribution in [0.3, 0.4) is 0 Å². The van der Waals surface area contributed by atoms with Crippen LogP contribution in [0.2, 0.25) is 5.02 Å². The van der Waals surface area contributed by atoms with Gasteiger partial charge >= 0.3 is 12.1 Å². The summed E-state index contributed by atoms with van der Waals surface area (Å²) in [4.78, 5) is 36.3. The van der Waals surface area contributed by atoms with Crippen molar-refractivity contribution in [3.05, 3.63) is 88.4 Å². The number of aliphatic hydroxyl groups is 1. The number of aliphatic hydroxyl groups excluding tert-OH is 1. The molecule has 0 aromatic heterocycles. The quantitative estimate of drug-likeness (QED) is 0.389. The van der Waals surface area contributed by atoms with Crippen molar-refractivity contribution in [2.45, 2.75) is 25.0 Å². The van der Waals surface area contributed by atoms with Gasteiger partial charge in [0, 0.05) is 11.5 Å². The number of nitrogens with one attached hydrogen (secondary N) is 2. The summed E-state index contributed by atoms with van der Waals surface area (Å²) in [5, 5.41) is 23.7. The van der Waals surface area contributed by atoms with Gasteiger partial charge in [0.15, 0.2) is 6.04 Å². The average Bonchev–Trinajstić information content (AvgIpc) is 3.15. The topological polar surface area (TPSA) is 125 Å². The van der Waals surface area contributed by atoms with E-state index in [1.54, 1.807) is 0 Å². The van der Waals surface area contributed by atoms with Crippen molar-refractivity contribution >= 4 is 35.3 Å². The van der Waals surface area contributed by atoms with E-state index in [0.717, 1.165) is 22.3 Å². The molecule has 0 radical (unpaired) electrons. The van der Waals surface area contributed by atoms with Gasteiger partial charge in [-0.05, 0) is 47.4 Å². The maximum absolute atomic E-state index is 12.6. The van der Waals surface area contributed by atoms with Crippen LogP contribution < -0.4 is 10.6 Å². The Morgan fingerprint density at radius 2 is 1.60 bits per heavy atom.